The van der Waals surface area contributed by atoms with Crippen molar-refractivity contribution in [1.29, 1.82) is 0 Å². The van der Waals surface area contributed by atoms with Gasteiger partial charge in [0.1, 0.15) is 0 Å². The van der Waals surface area contributed by atoms with Gasteiger partial charge in [0.15, 0.2) is 0 Å². The second-order valence-corrected chi connectivity index (χ2v) is 10.7. The van der Waals surface area contributed by atoms with Crippen LogP contribution in [0.15, 0.2) is 11.4 Å². The Labute approximate surface area is 163 Å². The van der Waals surface area contributed by atoms with E-state index >= 15 is 0 Å². The maximum Gasteiger partial charge on any atom is 0.227 e. The Kier molecular flexibility index (Phi) is 5.90. The molecule has 4 rings (SSSR count). The number of aromatic nitrogens is 2. The second kappa shape index (κ2) is 8.21. The van der Waals surface area contributed by atoms with Crippen LogP contribution in [0.1, 0.15) is 57.1 Å². The van der Waals surface area contributed by atoms with Crippen molar-refractivity contribution < 1.29 is 13.2 Å². The normalized spacial score (nSPS) is 24.7. The van der Waals surface area contributed by atoms with Gasteiger partial charge in [-0.2, -0.15) is 0 Å². The highest BCUT2D eigenvalue weighted by atomic mass is 32.2. The van der Waals surface area contributed by atoms with E-state index in [4.69, 9.17) is 4.74 Å². The maximum absolute atomic E-state index is 13.0. The van der Waals surface area contributed by atoms with Gasteiger partial charge in [0, 0.05) is 25.7 Å². The first kappa shape index (κ1) is 19.4. The van der Waals surface area contributed by atoms with Crippen LogP contribution in [-0.4, -0.2) is 54.9 Å². The van der Waals surface area contributed by atoms with Crippen molar-refractivity contribution in [2.45, 2.75) is 75.7 Å². The van der Waals surface area contributed by atoms with Gasteiger partial charge in [-0.1, -0.05) is 19.3 Å². The van der Waals surface area contributed by atoms with Crippen LogP contribution in [0.3, 0.4) is 0 Å². The molecule has 0 aromatic carbocycles. The van der Waals surface area contributed by atoms with Gasteiger partial charge < -0.3 is 9.30 Å². The molecule has 0 bridgehead atoms. The fourth-order valence-electron chi connectivity index (χ4n) is 4.51. The van der Waals surface area contributed by atoms with Crippen LogP contribution < -0.4 is 0 Å². The van der Waals surface area contributed by atoms with Crippen molar-refractivity contribution in [2.24, 2.45) is 11.8 Å². The monoisotopic (exact) mass is 395 g/mol. The van der Waals surface area contributed by atoms with Crippen LogP contribution in [-0.2, 0) is 27.7 Å². The molecular weight excluding hydrogens is 362 g/mol. The molecule has 2 saturated carbocycles. The molecule has 1 atom stereocenters. The molecule has 6 nitrogen and oxygen atoms in total. The predicted molar refractivity (Wildman–Crippen MR) is 104 cm³/mol. The largest absolute Gasteiger partial charge is 0.380 e. The van der Waals surface area contributed by atoms with Crippen LogP contribution in [0, 0.1) is 11.8 Å². The average molecular weight is 396 g/mol. The molecule has 1 aromatic heterocycles. The van der Waals surface area contributed by atoms with Crippen molar-refractivity contribution in [1.82, 2.24) is 14.5 Å². The van der Waals surface area contributed by atoms with Crippen molar-refractivity contribution in [3.8, 4) is 0 Å². The maximum atomic E-state index is 13.0. The molecule has 2 heterocycles. The summed E-state index contributed by atoms with van der Waals surface area (Å²) in [7, 11) is -1.20. The van der Waals surface area contributed by atoms with E-state index in [1.165, 1.54) is 32.1 Å². The quantitative estimate of drug-likeness (QED) is 0.677. The minimum atomic E-state index is -3.30. The van der Waals surface area contributed by atoms with Gasteiger partial charge in [0.2, 0.25) is 15.0 Å². The molecule has 1 aliphatic heterocycles. The third kappa shape index (κ3) is 4.74. The fourth-order valence-corrected chi connectivity index (χ4v) is 6.36. The number of nitrogens with zero attached hydrogens (tertiary/aromatic N) is 3. The van der Waals surface area contributed by atoms with Crippen molar-refractivity contribution in [2.75, 3.05) is 26.0 Å². The number of sulfone groups is 1. The zero-order chi connectivity index (χ0) is 18.9. The predicted octanol–water partition coefficient (Wildman–Crippen LogP) is 2.87. The number of likely N-dealkylation sites (N-methyl/N-ethyl adjacent to an activating group) is 1. The smallest absolute Gasteiger partial charge is 0.227 e. The van der Waals surface area contributed by atoms with Crippen molar-refractivity contribution >= 4 is 9.84 Å². The van der Waals surface area contributed by atoms with Crippen LogP contribution in [0.2, 0.25) is 0 Å². The second-order valence-electron chi connectivity index (χ2n) is 8.80. The van der Waals surface area contributed by atoms with E-state index in [9.17, 15) is 8.42 Å². The van der Waals surface area contributed by atoms with Gasteiger partial charge in [0.25, 0.3) is 0 Å². The summed E-state index contributed by atoms with van der Waals surface area (Å²) in [6, 6.07) is 0.412. The standard InChI is InChI=1S/C20H33N3O3S/c1-22(18-9-10-26-14-18)13-19-11-21-20(27(24,25)15-17-7-8-17)23(19)12-16-5-3-2-4-6-16/h11,16-18H,2-10,12-15H2,1H3. The lowest BCUT2D eigenvalue weighted by Crippen LogP contribution is -2.32. The van der Waals surface area contributed by atoms with Crippen LogP contribution in [0.4, 0.5) is 0 Å². The molecule has 0 amide bonds. The van der Waals surface area contributed by atoms with Gasteiger partial charge in [-0.3, -0.25) is 4.90 Å². The number of hydrogen-bond donors (Lipinski definition) is 0. The highest BCUT2D eigenvalue weighted by Crippen LogP contribution is 2.33. The highest BCUT2D eigenvalue weighted by molar-refractivity contribution is 7.91. The topological polar surface area (TPSA) is 64.4 Å². The van der Waals surface area contributed by atoms with Crippen LogP contribution in [0.25, 0.3) is 0 Å². The summed E-state index contributed by atoms with van der Waals surface area (Å²) in [5.41, 5.74) is 1.03. The first-order valence-corrected chi connectivity index (χ1v) is 12.2. The summed E-state index contributed by atoms with van der Waals surface area (Å²) < 4.78 is 33.5. The third-order valence-corrected chi connectivity index (χ3v) is 8.23. The van der Waals surface area contributed by atoms with Crippen LogP contribution >= 0.6 is 0 Å². The fraction of sp³-hybridized carbons (Fsp3) is 0.850. The SMILES string of the molecule is CN(Cc1cnc(S(=O)(=O)CC2CC2)n1CC1CCCCC1)C1CCOC1. The molecule has 27 heavy (non-hydrogen) atoms. The number of hydrogen-bond acceptors (Lipinski definition) is 5. The van der Waals surface area contributed by atoms with E-state index < -0.39 is 9.84 Å². The van der Waals surface area contributed by atoms with Gasteiger partial charge in [0.05, 0.1) is 24.3 Å². The first-order chi connectivity index (χ1) is 13.0. The molecule has 0 radical (unpaired) electrons. The minimum absolute atomic E-state index is 0.264. The lowest BCUT2D eigenvalue weighted by molar-refractivity contribution is 0.154. The number of rotatable bonds is 8. The zero-order valence-corrected chi connectivity index (χ0v) is 17.3. The van der Waals surface area contributed by atoms with E-state index in [0.29, 0.717) is 23.0 Å². The first-order valence-electron chi connectivity index (χ1n) is 10.6. The molecule has 1 saturated heterocycles. The highest BCUT2D eigenvalue weighted by Gasteiger charge is 2.33. The van der Waals surface area contributed by atoms with Crippen LogP contribution in [0.5, 0.6) is 0 Å². The summed E-state index contributed by atoms with van der Waals surface area (Å²) in [5.74, 6) is 1.18. The van der Waals surface area contributed by atoms with E-state index in [-0.39, 0.29) is 5.75 Å². The Morgan fingerprint density at radius 3 is 2.59 bits per heavy atom. The van der Waals surface area contributed by atoms with Gasteiger partial charge in [-0.05, 0) is 51.0 Å². The summed E-state index contributed by atoms with van der Waals surface area (Å²) in [6.45, 7) is 3.10. The lowest BCUT2D eigenvalue weighted by atomic mass is 9.89. The Morgan fingerprint density at radius 1 is 1.15 bits per heavy atom. The Morgan fingerprint density at radius 2 is 1.93 bits per heavy atom. The molecule has 7 heteroatoms. The summed E-state index contributed by atoms with van der Waals surface area (Å²) in [4.78, 5) is 6.72. The van der Waals surface area contributed by atoms with Gasteiger partial charge in [-0.15, -0.1) is 0 Å². The molecule has 0 N–H and O–H groups in total. The van der Waals surface area contributed by atoms with E-state index in [2.05, 4.69) is 16.9 Å². The average Bonchev–Trinajstić information content (AvgIpc) is 3.12. The summed E-state index contributed by atoms with van der Waals surface area (Å²) in [6.07, 6.45) is 11.2. The molecule has 3 fully saturated rings. The van der Waals surface area contributed by atoms with E-state index in [0.717, 1.165) is 51.3 Å². The lowest BCUT2D eigenvalue weighted by Gasteiger charge is -2.26. The minimum Gasteiger partial charge on any atom is -0.380 e. The molecule has 2 aliphatic carbocycles. The Hall–Kier alpha value is -0.920. The number of imidazole rings is 1. The Bertz CT molecular complexity index is 730. The molecule has 0 spiro atoms. The third-order valence-electron chi connectivity index (χ3n) is 6.44. The summed E-state index contributed by atoms with van der Waals surface area (Å²) in [5, 5.41) is 0.311. The zero-order valence-electron chi connectivity index (χ0n) is 16.5. The van der Waals surface area contributed by atoms with Gasteiger partial charge >= 0.3 is 0 Å². The van der Waals surface area contributed by atoms with Gasteiger partial charge in [-0.25, -0.2) is 13.4 Å². The molecule has 1 aromatic rings. The number of ether oxygens (including phenoxy) is 1. The van der Waals surface area contributed by atoms with Crippen molar-refractivity contribution in [3.63, 3.8) is 0 Å². The summed E-state index contributed by atoms with van der Waals surface area (Å²) >= 11 is 0. The van der Waals surface area contributed by atoms with Crippen molar-refractivity contribution in [3.05, 3.63) is 11.9 Å². The molecule has 152 valence electrons. The molecule has 3 aliphatic rings. The molecular formula is C20H33N3O3S. The van der Waals surface area contributed by atoms with E-state index in [1.54, 1.807) is 6.20 Å². The molecule has 1 unspecified atom stereocenters. The Balaban J connectivity index is 1.56. The van der Waals surface area contributed by atoms with E-state index in [1.807, 2.05) is 4.57 Å².